The maximum absolute atomic E-state index is 11.7. The molecule has 0 amide bonds. The lowest BCUT2D eigenvalue weighted by Crippen LogP contribution is -2.00. The molecule has 84 valence electrons. The highest BCUT2D eigenvalue weighted by molar-refractivity contribution is 6.04. The monoisotopic (exact) mass is 227 g/mol. The number of hydrogen-bond donors (Lipinski definition) is 0. The SMILES string of the molecule is COc1ccc2c(c1)oc(=O)c1cnccc12. The minimum atomic E-state index is -0.381. The molecule has 0 radical (unpaired) electrons. The number of fused-ring (bicyclic) bond motifs is 3. The molecule has 0 aliphatic heterocycles. The molecular formula is C13H9NO3. The molecule has 4 nitrogen and oxygen atoms in total. The van der Waals surface area contributed by atoms with E-state index < -0.39 is 0 Å². The van der Waals surface area contributed by atoms with Crippen molar-refractivity contribution >= 4 is 21.7 Å². The first-order valence-corrected chi connectivity index (χ1v) is 5.14. The van der Waals surface area contributed by atoms with Gasteiger partial charge in [-0.15, -0.1) is 0 Å². The highest BCUT2D eigenvalue weighted by Gasteiger charge is 2.07. The fourth-order valence-corrected chi connectivity index (χ4v) is 1.88. The summed E-state index contributed by atoms with van der Waals surface area (Å²) in [4.78, 5) is 15.7. The van der Waals surface area contributed by atoms with Gasteiger partial charge in [-0.05, 0) is 18.2 Å². The summed E-state index contributed by atoms with van der Waals surface area (Å²) in [6.07, 6.45) is 3.18. The number of hydrogen-bond acceptors (Lipinski definition) is 4. The number of aromatic nitrogens is 1. The van der Waals surface area contributed by atoms with E-state index in [9.17, 15) is 4.79 Å². The van der Waals surface area contributed by atoms with Crippen molar-refractivity contribution in [3.05, 3.63) is 47.1 Å². The zero-order valence-electron chi connectivity index (χ0n) is 9.14. The van der Waals surface area contributed by atoms with Gasteiger partial charge >= 0.3 is 5.63 Å². The van der Waals surface area contributed by atoms with Crippen molar-refractivity contribution in [2.75, 3.05) is 7.11 Å². The first-order valence-electron chi connectivity index (χ1n) is 5.14. The first-order chi connectivity index (χ1) is 8.29. The lowest BCUT2D eigenvalue weighted by molar-refractivity contribution is 0.414. The Morgan fingerprint density at radius 2 is 2.06 bits per heavy atom. The highest BCUT2D eigenvalue weighted by atomic mass is 16.5. The summed E-state index contributed by atoms with van der Waals surface area (Å²) in [6, 6.07) is 7.22. The van der Waals surface area contributed by atoms with Crippen LogP contribution in [0.15, 0.2) is 45.9 Å². The van der Waals surface area contributed by atoms with Gasteiger partial charge in [0.05, 0.1) is 12.5 Å². The van der Waals surface area contributed by atoms with Crippen molar-refractivity contribution < 1.29 is 9.15 Å². The van der Waals surface area contributed by atoms with E-state index in [2.05, 4.69) is 4.98 Å². The van der Waals surface area contributed by atoms with Gasteiger partial charge in [0.15, 0.2) is 0 Å². The normalized spacial score (nSPS) is 10.9. The van der Waals surface area contributed by atoms with E-state index in [4.69, 9.17) is 9.15 Å². The van der Waals surface area contributed by atoms with E-state index in [-0.39, 0.29) is 5.63 Å². The van der Waals surface area contributed by atoms with E-state index in [1.165, 1.54) is 6.20 Å². The van der Waals surface area contributed by atoms with Gasteiger partial charge in [0.25, 0.3) is 0 Å². The third-order valence-corrected chi connectivity index (χ3v) is 2.72. The number of pyridine rings is 1. The molecular weight excluding hydrogens is 218 g/mol. The van der Waals surface area contributed by atoms with Crippen molar-refractivity contribution in [2.24, 2.45) is 0 Å². The Morgan fingerprint density at radius 3 is 2.88 bits per heavy atom. The van der Waals surface area contributed by atoms with E-state index in [0.29, 0.717) is 16.7 Å². The van der Waals surface area contributed by atoms with Crippen molar-refractivity contribution in [1.82, 2.24) is 4.98 Å². The molecule has 17 heavy (non-hydrogen) atoms. The van der Waals surface area contributed by atoms with E-state index >= 15 is 0 Å². The topological polar surface area (TPSA) is 52.3 Å². The largest absolute Gasteiger partial charge is 0.497 e. The summed E-state index contributed by atoms with van der Waals surface area (Å²) in [6.45, 7) is 0. The second-order valence-electron chi connectivity index (χ2n) is 3.67. The maximum Gasteiger partial charge on any atom is 0.345 e. The molecule has 0 bridgehead atoms. The van der Waals surface area contributed by atoms with Gasteiger partial charge in [-0.1, -0.05) is 0 Å². The molecule has 3 rings (SSSR count). The van der Waals surface area contributed by atoms with Crippen LogP contribution in [0.4, 0.5) is 0 Å². The second-order valence-corrected chi connectivity index (χ2v) is 3.67. The molecule has 0 saturated carbocycles. The predicted octanol–water partition coefficient (Wildman–Crippen LogP) is 2.35. The average molecular weight is 227 g/mol. The fraction of sp³-hybridized carbons (Fsp3) is 0.0769. The van der Waals surface area contributed by atoms with Crippen LogP contribution in [0.5, 0.6) is 5.75 Å². The van der Waals surface area contributed by atoms with Crippen LogP contribution in [0.1, 0.15) is 0 Å². The van der Waals surface area contributed by atoms with Gasteiger partial charge in [0.2, 0.25) is 0 Å². The zero-order valence-corrected chi connectivity index (χ0v) is 9.14. The van der Waals surface area contributed by atoms with Crippen molar-refractivity contribution in [3.8, 4) is 5.75 Å². The standard InChI is InChI=1S/C13H9NO3/c1-16-8-2-3-10-9-4-5-14-7-11(9)13(15)17-12(10)6-8/h2-7H,1H3. The molecule has 1 aromatic carbocycles. The van der Waals surface area contributed by atoms with Crippen LogP contribution in [-0.4, -0.2) is 12.1 Å². The third-order valence-electron chi connectivity index (χ3n) is 2.72. The smallest absolute Gasteiger partial charge is 0.345 e. The van der Waals surface area contributed by atoms with Crippen LogP contribution >= 0.6 is 0 Å². The van der Waals surface area contributed by atoms with Gasteiger partial charge in [-0.25, -0.2) is 4.79 Å². The summed E-state index contributed by atoms with van der Waals surface area (Å²) in [5.41, 5.74) is 0.141. The Morgan fingerprint density at radius 1 is 1.18 bits per heavy atom. The van der Waals surface area contributed by atoms with Gasteiger partial charge in [0, 0.05) is 29.2 Å². The molecule has 4 heteroatoms. The summed E-state index contributed by atoms with van der Waals surface area (Å²) in [5, 5.41) is 2.21. The Labute approximate surface area is 96.5 Å². The number of ether oxygens (including phenoxy) is 1. The summed E-state index contributed by atoms with van der Waals surface area (Å²) in [7, 11) is 1.57. The number of benzene rings is 1. The molecule has 0 unspecified atom stereocenters. The molecule has 3 aromatic rings. The molecule has 0 aliphatic rings. The van der Waals surface area contributed by atoms with Gasteiger partial charge in [0.1, 0.15) is 11.3 Å². The van der Waals surface area contributed by atoms with E-state index in [0.717, 1.165) is 10.8 Å². The van der Waals surface area contributed by atoms with Crippen LogP contribution in [0.25, 0.3) is 21.7 Å². The number of methoxy groups -OCH3 is 1. The molecule has 0 saturated heterocycles. The number of rotatable bonds is 1. The number of nitrogens with zero attached hydrogens (tertiary/aromatic N) is 1. The van der Waals surface area contributed by atoms with Crippen LogP contribution in [0, 0.1) is 0 Å². The molecule has 0 N–H and O–H groups in total. The van der Waals surface area contributed by atoms with Crippen LogP contribution < -0.4 is 10.4 Å². The third kappa shape index (κ3) is 1.45. The Kier molecular flexibility index (Phi) is 2.08. The summed E-state index contributed by atoms with van der Waals surface area (Å²) >= 11 is 0. The Balaban J connectivity index is 2.53. The molecule has 2 heterocycles. The van der Waals surface area contributed by atoms with Crippen LogP contribution in [0.2, 0.25) is 0 Å². The summed E-state index contributed by atoms with van der Waals surface area (Å²) in [5.74, 6) is 0.661. The average Bonchev–Trinajstić information content (AvgIpc) is 2.38. The first kappa shape index (κ1) is 9.84. The molecule has 0 atom stereocenters. The minimum Gasteiger partial charge on any atom is -0.497 e. The zero-order chi connectivity index (χ0) is 11.8. The van der Waals surface area contributed by atoms with Gasteiger partial charge in [-0.3, -0.25) is 4.98 Å². The lowest BCUT2D eigenvalue weighted by atomic mass is 10.1. The Bertz CT molecular complexity index is 761. The molecule has 0 fully saturated rings. The van der Waals surface area contributed by atoms with Crippen molar-refractivity contribution in [1.29, 1.82) is 0 Å². The van der Waals surface area contributed by atoms with Crippen molar-refractivity contribution in [2.45, 2.75) is 0 Å². The minimum absolute atomic E-state index is 0.381. The van der Waals surface area contributed by atoms with E-state index in [1.807, 2.05) is 12.1 Å². The molecule has 0 aliphatic carbocycles. The summed E-state index contributed by atoms with van der Waals surface area (Å²) < 4.78 is 10.3. The lowest BCUT2D eigenvalue weighted by Gasteiger charge is -2.03. The second kappa shape index (κ2) is 3.59. The van der Waals surface area contributed by atoms with Gasteiger partial charge in [-0.2, -0.15) is 0 Å². The predicted molar refractivity (Wildman–Crippen MR) is 64.3 cm³/mol. The van der Waals surface area contributed by atoms with Crippen LogP contribution in [-0.2, 0) is 0 Å². The van der Waals surface area contributed by atoms with Crippen molar-refractivity contribution in [3.63, 3.8) is 0 Å². The van der Waals surface area contributed by atoms with Crippen LogP contribution in [0.3, 0.4) is 0 Å². The molecule has 0 spiro atoms. The Hall–Kier alpha value is -2.36. The molecule has 2 aromatic heterocycles. The van der Waals surface area contributed by atoms with Gasteiger partial charge < -0.3 is 9.15 Å². The highest BCUT2D eigenvalue weighted by Crippen LogP contribution is 2.25. The van der Waals surface area contributed by atoms with E-state index in [1.54, 1.807) is 25.4 Å². The quantitative estimate of drug-likeness (QED) is 0.473. The fourth-order valence-electron chi connectivity index (χ4n) is 1.88. The maximum atomic E-state index is 11.7.